The summed E-state index contributed by atoms with van der Waals surface area (Å²) in [5.74, 6) is -0.489. The van der Waals surface area contributed by atoms with Crippen molar-refractivity contribution in [3.05, 3.63) is 69.3 Å². The fraction of sp³-hybridized carbons (Fsp3) is 0.235. The van der Waals surface area contributed by atoms with Crippen molar-refractivity contribution in [2.24, 2.45) is 0 Å². The summed E-state index contributed by atoms with van der Waals surface area (Å²) < 4.78 is 0. The first-order valence-corrected chi connectivity index (χ1v) is 8.52. The number of aliphatic hydroxyl groups is 1. The largest absolute Gasteiger partial charge is 0.389 e. The molecule has 2 N–H and O–H groups in total. The third-order valence-corrected chi connectivity index (χ3v) is 4.29. The second kappa shape index (κ2) is 7.94. The summed E-state index contributed by atoms with van der Waals surface area (Å²) in [7, 11) is 0. The highest BCUT2D eigenvalue weighted by Gasteiger charge is 2.20. The van der Waals surface area contributed by atoms with E-state index in [-0.39, 0.29) is 17.8 Å². The second-order valence-corrected chi connectivity index (χ2v) is 6.12. The fourth-order valence-electron chi connectivity index (χ4n) is 2.17. The topological polar surface area (TPSA) is 92.5 Å². The van der Waals surface area contributed by atoms with Gasteiger partial charge in [0.2, 0.25) is 0 Å². The van der Waals surface area contributed by atoms with E-state index in [1.165, 1.54) is 23.9 Å². The minimum absolute atomic E-state index is 0.0486. The molecule has 1 amide bonds. The zero-order valence-corrected chi connectivity index (χ0v) is 14.2. The Balaban J connectivity index is 2.13. The molecule has 0 bridgehead atoms. The average molecular weight is 346 g/mol. The number of benzene rings is 2. The molecule has 6 nitrogen and oxygen atoms in total. The lowest BCUT2D eigenvalue weighted by atomic mass is 10.1. The van der Waals surface area contributed by atoms with Crippen LogP contribution in [0.4, 0.5) is 5.69 Å². The predicted octanol–water partition coefficient (Wildman–Crippen LogP) is 3.30. The van der Waals surface area contributed by atoms with Gasteiger partial charge in [-0.15, -0.1) is 11.8 Å². The van der Waals surface area contributed by atoms with Gasteiger partial charge < -0.3 is 10.4 Å². The fourth-order valence-corrected chi connectivity index (χ4v) is 2.61. The van der Waals surface area contributed by atoms with E-state index in [1.807, 2.05) is 6.26 Å². The van der Waals surface area contributed by atoms with E-state index in [9.17, 15) is 20.0 Å². The van der Waals surface area contributed by atoms with Crippen molar-refractivity contribution in [3.63, 3.8) is 0 Å². The summed E-state index contributed by atoms with van der Waals surface area (Å²) in [6, 6.07) is 11.7. The third kappa shape index (κ3) is 4.33. The first-order chi connectivity index (χ1) is 11.4. The molecule has 0 heterocycles. The van der Waals surface area contributed by atoms with Gasteiger partial charge in [-0.2, -0.15) is 0 Å². The van der Waals surface area contributed by atoms with Crippen LogP contribution >= 0.6 is 11.8 Å². The van der Waals surface area contributed by atoms with Crippen LogP contribution in [-0.4, -0.2) is 22.2 Å². The van der Waals surface area contributed by atoms with E-state index in [0.717, 1.165) is 16.0 Å². The molecule has 0 spiro atoms. The number of rotatable bonds is 6. The van der Waals surface area contributed by atoms with Crippen LogP contribution in [0.5, 0.6) is 0 Å². The van der Waals surface area contributed by atoms with Gasteiger partial charge in [-0.3, -0.25) is 14.9 Å². The highest BCUT2D eigenvalue weighted by Crippen LogP contribution is 2.24. The van der Waals surface area contributed by atoms with E-state index in [0.29, 0.717) is 0 Å². The van der Waals surface area contributed by atoms with Gasteiger partial charge in [-0.25, -0.2) is 0 Å². The highest BCUT2D eigenvalue weighted by atomic mass is 32.2. The zero-order chi connectivity index (χ0) is 17.7. The molecule has 2 aromatic carbocycles. The molecule has 1 atom stereocenters. The smallest absolute Gasteiger partial charge is 0.282 e. The first kappa shape index (κ1) is 18.0. The van der Waals surface area contributed by atoms with Crippen molar-refractivity contribution in [1.82, 2.24) is 5.32 Å². The Hall–Kier alpha value is -2.38. The zero-order valence-electron chi connectivity index (χ0n) is 13.4. The van der Waals surface area contributed by atoms with E-state index in [4.69, 9.17) is 0 Å². The molecule has 0 saturated heterocycles. The third-order valence-electron chi connectivity index (χ3n) is 3.56. The maximum Gasteiger partial charge on any atom is 0.282 e. The maximum atomic E-state index is 12.3. The lowest BCUT2D eigenvalue weighted by molar-refractivity contribution is -0.385. The van der Waals surface area contributed by atoms with Gasteiger partial charge in [0.1, 0.15) is 5.56 Å². The van der Waals surface area contributed by atoms with Crippen molar-refractivity contribution in [1.29, 1.82) is 0 Å². The van der Waals surface area contributed by atoms with Gasteiger partial charge in [0.05, 0.1) is 11.0 Å². The predicted molar refractivity (Wildman–Crippen MR) is 93.1 cm³/mol. The monoisotopic (exact) mass is 346 g/mol. The molecule has 0 aliphatic carbocycles. The average Bonchev–Trinajstić information content (AvgIpc) is 2.59. The van der Waals surface area contributed by atoms with Crippen molar-refractivity contribution < 1.29 is 14.8 Å². The normalized spacial score (nSPS) is 11.8. The molecule has 0 unspecified atom stereocenters. The number of hydrogen-bond acceptors (Lipinski definition) is 5. The molecule has 0 aromatic heterocycles. The first-order valence-electron chi connectivity index (χ1n) is 7.30. The van der Waals surface area contributed by atoms with Gasteiger partial charge >= 0.3 is 0 Å². The van der Waals surface area contributed by atoms with E-state index in [1.54, 1.807) is 37.3 Å². The maximum absolute atomic E-state index is 12.3. The number of hydrogen-bond donors (Lipinski definition) is 2. The lowest BCUT2D eigenvalue weighted by Crippen LogP contribution is -2.23. The molecular weight excluding hydrogens is 328 g/mol. The Bertz CT molecular complexity index is 745. The van der Waals surface area contributed by atoms with Gasteiger partial charge in [-0.05, 0) is 36.4 Å². The molecule has 2 aromatic rings. The van der Waals surface area contributed by atoms with Crippen molar-refractivity contribution in [3.8, 4) is 0 Å². The molecule has 0 aliphatic rings. The Kier molecular flexibility index (Phi) is 5.94. The Morgan fingerprint density at radius 1 is 1.29 bits per heavy atom. The Morgan fingerprint density at radius 3 is 2.50 bits per heavy atom. The number of amides is 1. The van der Waals surface area contributed by atoms with E-state index in [2.05, 4.69) is 5.32 Å². The van der Waals surface area contributed by atoms with Crippen molar-refractivity contribution in [2.45, 2.75) is 24.5 Å². The summed E-state index contributed by atoms with van der Waals surface area (Å²) in [4.78, 5) is 23.6. The summed E-state index contributed by atoms with van der Waals surface area (Å²) >= 11 is 1.41. The summed E-state index contributed by atoms with van der Waals surface area (Å²) in [5.41, 5.74) is 1.46. The summed E-state index contributed by atoms with van der Waals surface area (Å²) in [5, 5.41) is 23.3. The van der Waals surface area contributed by atoms with Crippen LogP contribution in [0.3, 0.4) is 0 Å². The number of nitrogens with one attached hydrogen (secondary N) is 1. The molecule has 0 fully saturated rings. The number of carbonyl (C=O) groups is 1. The number of nitro benzene ring substituents is 1. The van der Waals surface area contributed by atoms with Gasteiger partial charge in [-0.1, -0.05) is 24.3 Å². The van der Waals surface area contributed by atoms with Crippen LogP contribution in [0, 0.1) is 10.1 Å². The number of nitro groups is 1. The molecule has 7 heteroatoms. The molecule has 0 aliphatic heterocycles. The van der Waals surface area contributed by atoms with Crippen molar-refractivity contribution in [2.75, 3.05) is 6.26 Å². The van der Waals surface area contributed by atoms with Crippen LogP contribution in [0.1, 0.15) is 34.5 Å². The minimum atomic E-state index is -0.559. The van der Waals surface area contributed by atoms with E-state index >= 15 is 0 Å². The van der Waals surface area contributed by atoms with Crippen LogP contribution in [0.25, 0.3) is 0 Å². The molecule has 0 radical (unpaired) electrons. The van der Waals surface area contributed by atoms with Gasteiger partial charge in [0, 0.05) is 17.5 Å². The highest BCUT2D eigenvalue weighted by molar-refractivity contribution is 7.98. The van der Waals surface area contributed by atoms with Gasteiger partial charge in [0.25, 0.3) is 11.6 Å². The molecule has 0 saturated carbocycles. The van der Waals surface area contributed by atoms with Crippen LogP contribution in [0.2, 0.25) is 0 Å². The minimum Gasteiger partial charge on any atom is -0.389 e. The number of thioether (sulfide) groups is 1. The Morgan fingerprint density at radius 2 is 1.96 bits per heavy atom. The van der Waals surface area contributed by atoms with Crippen molar-refractivity contribution >= 4 is 23.4 Å². The summed E-state index contributed by atoms with van der Waals surface area (Å²) in [6.45, 7) is 1.92. The van der Waals surface area contributed by atoms with Crippen LogP contribution in [-0.2, 0) is 6.54 Å². The van der Waals surface area contributed by atoms with Crippen LogP contribution < -0.4 is 5.32 Å². The summed E-state index contributed by atoms with van der Waals surface area (Å²) in [6.07, 6.45) is 1.29. The molecule has 126 valence electrons. The quantitative estimate of drug-likeness (QED) is 0.476. The number of carbonyl (C=O) groups excluding carboxylic acids is 1. The van der Waals surface area contributed by atoms with E-state index < -0.39 is 16.9 Å². The number of aliphatic hydroxyl groups excluding tert-OH is 1. The molecule has 2 rings (SSSR count). The SMILES string of the molecule is CSc1ccc([N+](=O)[O-])c(C(=O)NCc2ccc([C@H](C)O)cc2)c1. The number of nitrogens with zero attached hydrogens (tertiary/aromatic N) is 1. The molecule has 24 heavy (non-hydrogen) atoms. The molecular formula is C17H18N2O4S. The second-order valence-electron chi connectivity index (χ2n) is 5.24. The van der Waals surface area contributed by atoms with Crippen LogP contribution in [0.15, 0.2) is 47.4 Å². The lowest BCUT2D eigenvalue weighted by Gasteiger charge is -2.09. The standard InChI is InChI=1S/C17H18N2O4S/c1-11(20)13-5-3-12(4-6-13)10-18-17(21)15-9-14(24-2)7-8-16(15)19(22)23/h3-9,11,20H,10H2,1-2H3,(H,18,21)/t11-/m0/s1. The Labute approximate surface area is 144 Å². The van der Waals surface area contributed by atoms with Gasteiger partial charge in [0.15, 0.2) is 0 Å².